The second kappa shape index (κ2) is 9.07. The maximum absolute atomic E-state index is 6.96. The van der Waals surface area contributed by atoms with Crippen LogP contribution in [0.4, 0.5) is 0 Å². The molecule has 1 atom stereocenters. The van der Waals surface area contributed by atoms with E-state index in [0.29, 0.717) is 24.5 Å². The van der Waals surface area contributed by atoms with Crippen LogP contribution in [0.3, 0.4) is 0 Å². The van der Waals surface area contributed by atoms with Gasteiger partial charge < -0.3 is 9.05 Å². The number of rotatable bonds is 10. The van der Waals surface area contributed by atoms with E-state index >= 15 is 0 Å². The van der Waals surface area contributed by atoms with E-state index in [1.165, 1.54) is 0 Å². The third-order valence-corrected chi connectivity index (χ3v) is 10.3. The zero-order valence-electron chi connectivity index (χ0n) is 16.8. The maximum atomic E-state index is 6.96. The predicted octanol–water partition coefficient (Wildman–Crippen LogP) is 6.23. The Hall–Kier alpha value is -0.270. The molecule has 0 radical (unpaired) electrons. The molecular formula is C19H26Cl2N3O2PS2. The van der Waals surface area contributed by atoms with Crippen molar-refractivity contribution in [2.24, 2.45) is 5.41 Å². The molecule has 29 heavy (non-hydrogen) atoms. The average molecular weight is 494 g/mol. The van der Waals surface area contributed by atoms with Crippen LogP contribution in [0.2, 0.25) is 5.02 Å². The van der Waals surface area contributed by atoms with Gasteiger partial charge in [0.2, 0.25) is 4.77 Å². The summed E-state index contributed by atoms with van der Waals surface area (Å²) in [5, 5.41) is 5.27. The number of hydrogen-bond donors (Lipinski definition) is 0. The number of aromatic nitrogens is 3. The van der Waals surface area contributed by atoms with Crippen LogP contribution in [-0.2, 0) is 33.8 Å². The zero-order chi connectivity index (χ0) is 21.3. The van der Waals surface area contributed by atoms with Gasteiger partial charge in [-0.05, 0) is 68.8 Å². The van der Waals surface area contributed by atoms with Crippen LogP contribution < -0.4 is 0 Å². The predicted molar refractivity (Wildman–Crippen MR) is 125 cm³/mol. The third-order valence-electron chi connectivity index (χ3n) is 5.37. The average Bonchev–Trinajstić information content (AvgIpc) is 3.32. The molecule has 10 heteroatoms. The lowest BCUT2D eigenvalue weighted by Crippen LogP contribution is -2.37. The van der Waals surface area contributed by atoms with Crippen molar-refractivity contribution < 1.29 is 9.05 Å². The first-order valence-corrected chi connectivity index (χ1v) is 13.4. The third kappa shape index (κ3) is 4.82. The monoisotopic (exact) mass is 493 g/mol. The van der Waals surface area contributed by atoms with Crippen molar-refractivity contribution in [2.45, 2.75) is 51.5 Å². The smallest absolute Gasteiger partial charge is 0.297 e. The van der Waals surface area contributed by atoms with E-state index in [1.54, 1.807) is 15.3 Å². The molecule has 1 aromatic heterocycles. The van der Waals surface area contributed by atoms with Gasteiger partial charge in [-0.25, -0.2) is 9.02 Å². The summed E-state index contributed by atoms with van der Waals surface area (Å²) >= 11 is 24.8. The van der Waals surface area contributed by atoms with Crippen molar-refractivity contribution in [2.75, 3.05) is 13.2 Å². The molecule has 1 fully saturated rings. The highest BCUT2D eigenvalue weighted by Gasteiger charge is 2.56. The summed E-state index contributed by atoms with van der Waals surface area (Å²) < 4.78 is 15.5. The van der Waals surface area contributed by atoms with Gasteiger partial charge in [0.15, 0.2) is 0 Å². The number of alkyl halides is 1. The second-order valence-electron chi connectivity index (χ2n) is 7.51. The minimum atomic E-state index is -2.74. The van der Waals surface area contributed by atoms with Gasteiger partial charge in [0, 0.05) is 10.4 Å². The molecular weight excluding hydrogens is 468 g/mol. The molecule has 1 unspecified atom stereocenters. The lowest BCUT2D eigenvalue weighted by molar-refractivity contribution is 0.229. The quantitative estimate of drug-likeness (QED) is 0.222. The zero-order valence-corrected chi connectivity index (χ0v) is 20.8. The fraction of sp³-hybridized carbons (Fsp3) is 0.579. The molecule has 0 aliphatic heterocycles. The standard InChI is InChI=1S/C19H26Cl2N3O2PS2/c1-4-25-27(29,26-5-2)24-14-22-23(17(24)28)13-18(3,19(21)10-11-19)12-15-8-6-7-9-16(15)20/h6-9,14H,4-5,10-13H2,1-3H3. The van der Waals surface area contributed by atoms with Gasteiger partial charge in [-0.1, -0.05) is 36.7 Å². The lowest BCUT2D eigenvalue weighted by atomic mass is 9.78. The molecule has 160 valence electrons. The summed E-state index contributed by atoms with van der Waals surface area (Å²) in [4.78, 5) is -0.301. The number of hydrogen-bond acceptors (Lipinski definition) is 5. The molecule has 1 saturated carbocycles. The van der Waals surface area contributed by atoms with Crippen LogP contribution in [0, 0.1) is 10.2 Å². The normalized spacial score (nSPS) is 17.8. The molecule has 2 aromatic rings. The van der Waals surface area contributed by atoms with Crippen molar-refractivity contribution in [3.8, 4) is 0 Å². The van der Waals surface area contributed by atoms with E-state index < -0.39 is 6.64 Å². The highest BCUT2D eigenvalue weighted by atomic mass is 35.5. The Balaban J connectivity index is 1.94. The van der Waals surface area contributed by atoms with E-state index in [1.807, 2.05) is 38.1 Å². The maximum Gasteiger partial charge on any atom is 0.297 e. The van der Waals surface area contributed by atoms with Crippen LogP contribution in [0.15, 0.2) is 30.6 Å². The van der Waals surface area contributed by atoms with Crippen LogP contribution in [-0.4, -0.2) is 32.2 Å². The summed E-state index contributed by atoms with van der Waals surface area (Å²) in [6, 6.07) is 7.88. The summed E-state index contributed by atoms with van der Waals surface area (Å²) in [6.45, 7) is 4.65. The van der Waals surface area contributed by atoms with Crippen molar-refractivity contribution in [3.63, 3.8) is 0 Å². The van der Waals surface area contributed by atoms with Crippen LogP contribution >= 0.6 is 42.1 Å². The van der Waals surface area contributed by atoms with E-state index in [0.717, 1.165) is 29.8 Å². The molecule has 0 bridgehead atoms. The van der Waals surface area contributed by atoms with E-state index in [-0.39, 0.29) is 10.3 Å². The van der Waals surface area contributed by atoms with Gasteiger partial charge in [-0.2, -0.15) is 5.10 Å². The fourth-order valence-electron chi connectivity index (χ4n) is 3.55. The van der Waals surface area contributed by atoms with Gasteiger partial charge in [-0.15, -0.1) is 11.6 Å². The Morgan fingerprint density at radius 1 is 1.24 bits per heavy atom. The Labute approximate surface area is 192 Å². The van der Waals surface area contributed by atoms with Crippen LogP contribution in [0.5, 0.6) is 0 Å². The number of benzene rings is 1. The highest BCUT2D eigenvalue weighted by molar-refractivity contribution is 8.09. The Morgan fingerprint density at radius 2 is 1.86 bits per heavy atom. The summed E-state index contributed by atoms with van der Waals surface area (Å²) in [5.74, 6) is 0. The Kier molecular flexibility index (Phi) is 7.32. The van der Waals surface area contributed by atoms with Crippen LogP contribution in [0.1, 0.15) is 39.2 Å². The first-order valence-electron chi connectivity index (χ1n) is 9.65. The van der Waals surface area contributed by atoms with Crippen LogP contribution in [0.25, 0.3) is 0 Å². The van der Waals surface area contributed by atoms with Gasteiger partial charge >= 0.3 is 0 Å². The minimum Gasteiger partial charge on any atom is -0.314 e. The molecule has 1 heterocycles. The van der Waals surface area contributed by atoms with Crippen molar-refractivity contribution >= 4 is 53.9 Å². The van der Waals surface area contributed by atoms with Gasteiger partial charge in [-0.3, -0.25) is 0 Å². The molecule has 5 nitrogen and oxygen atoms in total. The number of nitrogens with zero attached hydrogens (tertiary/aromatic N) is 3. The summed E-state index contributed by atoms with van der Waals surface area (Å²) in [7, 11) is 0. The molecule has 1 aromatic carbocycles. The fourth-order valence-corrected chi connectivity index (χ4v) is 7.07. The first-order chi connectivity index (χ1) is 13.7. The SMILES string of the molecule is CCOP(=S)(OCC)n1cnn(CC(C)(Cc2ccccc2Cl)C2(Cl)CC2)c1=S. The largest absolute Gasteiger partial charge is 0.314 e. The highest BCUT2D eigenvalue weighted by Crippen LogP contribution is 2.58. The summed E-state index contributed by atoms with van der Waals surface area (Å²) in [5.41, 5.74) is 0.791. The Bertz CT molecular complexity index is 966. The number of halogens is 2. The lowest BCUT2D eigenvalue weighted by Gasteiger charge is -2.35. The van der Waals surface area contributed by atoms with Gasteiger partial charge in [0.05, 0.1) is 24.6 Å². The van der Waals surface area contributed by atoms with Gasteiger partial charge in [0.25, 0.3) is 6.64 Å². The summed E-state index contributed by atoms with van der Waals surface area (Å²) in [6.07, 6.45) is 4.27. The topological polar surface area (TPSA) is 41.2 Å². The second-order valence-corrected chi connectivity index (χ2v) is 12.3. The molecule has 0 N–H and O–H groups in total. The van der Waals surface area contributed by atoms with Crippen molar-refractivity contribution in [3.05, 3.63) is 45.9 Å². The minimum absolute atomic E-state index is 0.281. The van der Waals surface area contributed by atoms with Gasteiger partial charge in [0.1, 0.15) is 6.33 Å². The van der Waals surface area contributed by atoms with E-state index in [9.17, 15) is 0 Å². The molecule has 0 saturated heterocycles. The molecule has 0 amide bonds. The van der Waals surface area contributed by atoms with E-state index in [2.05, 4.69) is 12.0 Å². The first kappa shape index (κ1) is 23.4. The molecule has 1 aliphatic rings. The van der Waals surface area contributed by atoms with Crippen molar-refractivity contribution in [1.29, 1.82) is 0 Å². The molecule has 1 aliphatic carbocycles. The van der Waals surface area contributed by atoms with E-state index in [4.69, 9.17) is 56.3 Å². The molecule has 0 spiro atoms. The van der Waals surface area contributed by atoms with Crippen molar-refractivity contribution in [1.82, 2.24) is 14.1 Å². The molecule has 3 rings (SSSR count). The Morgan fingerprint density at radius 3 is 2.41 bits per heavy atom.